The molecule has 0 rings (SSSR count). The molecule has 0 aromatic heterocycles. The number of allylic oxidation sites excluding steroid dienone is 12. The maximum absolute atomic E-state index is 12.7. The lowest BCUT2D eigenvalue weighted by Gasteiger charge is -2.18. The lowest BCUT2D eigenvalue weighted by molar-refractivity contribution is -0.167. The highest BCUT2D eigenvalue weighted by Gasteiger charge is 2.19. The van der Waals surface area contributed by atoms with Crippen molar-refractivity contribution in [3.8, 4) is 0 Å². The third kappa shape index (κ3) is 53.8. The molecule has 0 bridgehead atoms. The van der Waals surface area contributed by atoms with Gasteiger partial charge in [0.1, 0.15) is 13.2 Å². The van der Waals surface area contributed by atoms with Crippen LogP contribution in [0, 0.1) is 0 Å². The molecule has 68 heavy (non-hydrogen) atoms. The Morgan fingerprint density at radius 3 is 0.897 bits per heavy atom. The Morgan fingerprint density at radius 1 is 0.309 bits per heavy atom. The van der Waals surface area contributed by atoms with Gasteiger partial charge in [0.15, 0.2) is 6.10 Å². The summed E-state index contributed by atoms with van der Waals surface area (Å²) in [4.78, 5) is 37.7. The van der Waals surface area contributed by atoms with Gasteiger partial charge < -0.3 is 14.2 Å². The molecule has 392 valence electrons. The fraction of sp³-hybridized carbons (Fsp3) is 0.758. The van der Waals surface area contributed by atoms with Crippen molar-refractivity contribution in [3.05, 3.63) is 72.9 Å². The van der Waals surface area contributed by atoms with Crippen LogP contribution in [-0.2, 0) is 28.6 Å². The first kappa shape index (κ1) is 64.8. The number of carbonyl (C=O) groups excluding carboxylic acids is 3. The van der Waals surface area contributed by atoms with Gasteiger partial charge in [0.2, 0.25) is 0 Å². The number of unbranched alkanes of at least 4 members (excludes halogenated alkanes) is 29. The van der Waals surface area contributed by atoms with E-state index in [1.807, 2.05) is 0 Å². The minimum atomic E-state index is -0.765. The Balaban J connectivity index is 3.88. The van der Waals surface area contributed by atoms with E-state index in [4.69, 9.17) is 14.2 Å². The van der Waals surface area contributed by atoms with E-state index in [9.17, 15) is 14.4 Å². The van der Waals surface area contributed by atoms with Gasteiger partial charge in [0.05, 0.1) is 0 Å². The van der Waals surface area contributed by atoms with Crippen LogP contribution in [-0.4, -0.2) is 37.2 Å². The molecule has 0 aliphatic heterocycles. The standard InChI is InChI=1S/C62H108O6/c1-4-7-10-13-16-18-19-20-21-22-23-24-25-26-27-28-29-30-31-32-33-34-35-36-37-38-39-40-41-42-43-44-47-49-52-55-61(64)67-58-59(57-66-60(63)54-51-48-45-15-12-9-6-3)68-62(65)56-53-50-46-17-14-11-8-5-2/h7,10,16,18,20-21,23-24,26-27,29-30,59H,4-6,8-9,11-15,17,19,22,25,28,31-58H2,1-3H3/b10-7-,18-16-,21-20-,24-23-,27-26-,30-29-. The van der Waals surface area contributed by atoms with E-state index in [-0.39, 0.29) is 31.1 Å². The van der Waals surface area contributed by atoms with Crippen LogP contribution in [0.2, 0.25) is 0 Å². The number of esters is 3. The molecule has 1 unspecified atom stereocenters. The van der Waals surface area contributed by atoms with E-state index in [1.54, 1.807) is 0 Å². The summed E-state index contributed by atoms with van der Waals surface area (Å²) < 4.78 is 16.7. The number of rotatable bonds is 52. The molecule has 0 fully saturated rings. The van der Waals surface area contributed by atoms with Crippen LogP contribution in [0.15, 0.2) is 72.9 Å². The second kappa shape index (κ2) is 56.4. The predicted octanol–water partition coefficient (Wildman–Crippen LogP) is 19.4. The van der Waals surface area contributed by atoms with Crippen molar-refractivity contribution in [1.29, 1.82) is 0 Å². The molecule has 0 aromatic rings. The zero-order valence-corrected chi connectivity index (χ0v) is 44.9. The summed E-state index contributed by atoms with van der Waals surface area (Å²) in [5, 5.41) is 0. The maximum atomic E-state index is 12.7. The first-order valence-corrected chi connectivity index (χ1v) is 28.9. The van der Waals surface area contributed by atoms with Gasteiger partial charge in [0, 0.05) is 19.3 Å². The lowest BCUT2D eigenvalue weighted by atomic mass is 10.0. The van der Waals surface area contributed by atoms with Crippen LogP contribution in [0.25, 0.3) is 0 Å². The topological polar surface area (TPSA) is 78.9 Å². The monoisotopic (exact) mass is 949 g/mol. The van der Waals surface area contributed by atoms with Crippen LogP contribution in [0.3, 0.4) is 0 Å². The second-order valence-corrected chi connectivity index (χ2v) is 19.2. The van der Waals surface area contributed by atoms with E-state index in [0.717, 1.165) is 96.3 Å². The molecule has 0 amide bonds. The normalized spacial score (nSPS) is 12.6. The fourth-order valence-corrected chi connectivity index (χ4v) is 8.15. The molecule has 0 aliphatic carbocycles. The van der Waals surface area contributed by atoms with Crippen molar-refractivity contribution >= 4 is 17.9 Å². The quantitative estimate of drug-likeness (QED) is 0.0262. The van der Waals surface area contributed by atoms with Gasteiger partial charge in [-0.3, -0.25) is 14.4 Å². The molecule has 1 atom stereocenters. The Labute approximate surface area is 421 Å². The Hall–Kier alpha value is -3.15. The number of hydrogen-bond donors (Lipinski definition) is 0. The first-order valence-electron chi connectivity index (χ1n) is 28.9. The summed E-state index contributed by atoms with van der Waals surface area (Å²) in [6.45, 7) is 6.46. The summed E-state index contributed by atoms with van der Waals surface area (Å²) in [7, 11) is 0. The smallest absolute Gasteiger partial charge is 0.306 e. The molecule has 0 heterocycles. The van der Waals surface area contributed by atoms with Crippen molar-refractivity contribution < 1.29 is 28.6 Å². The molecule has 0 aromatic carbocycles. The second-order valence-electron chi connectivity index (χ2n) is 19.2. The zero-order valence-electron chi connectivity index (χ0n) is 44.9. The van der Waals surface area contributed by atoms with Crippen LogP contribution >= 0.6 is 0 Å². The Kier molecular flexibility index (Phi) is 53.8. The van der Waals surface area contributed by atoms with Gasteiger partial charge in [-0.2, -0.15) is 0 Å². The molecule has 0 N–H and O–H groups in total. The highest BCUT2D eigenvalue weighted by molar-refractivity contribution is 5.71. The molecule has 0 saturated heterocycles. The summed E-state index contributed by atoms with van der Waals surface area (Å²) in [5.41, 5.74) is 0. The minimum absolute atomic E-state index is 0.0703. The first-order chi connectivity index (χ1) is 33.5. The summed E-state index contributed by atoms with van der Waals surface area (Å²) >= 11 is 0. The zero-order chi connectivity index (χ0) is 49.3. The van der Waals surface area contributed by atoms with Crippen molar-refractivity contribution in [2.45, 2.75) is 290 Å². The molecule has 0 aliphatic rings. The Morgan fingerprint density at radius 2 is 0.574 bits per heavy atom. The summed E-state index contributed by atoms with van der Waals surface area (Å²) in [6.07, 6.45) is 72.4. The Bertz CT molecular complexity index is 1270. The van der Waals surface area contributed by atoms with Crippen molar-refractivity contribution in [3.63, 3.8) is 0 Å². The molecule has 6 nitrogen and oxygen atoms in total. The fourth-order valence-electron chi connectivity index (χ4n) is 8.15. The third-order valence-electron chi connectivity index (χ3n) is 12.5. The van der Waals surface area contributed by atoms with Crippen LogP contribution in [0.1, 0.15) is 284 Å². The van der Waals surface area contributed by atoms with E-state index in [0.29, 0.717) is 19.3 Å². The highest BCUT2D eigenvalue weighted by Crippen LogP contribution is 2.16. The maximum Gasteiger partial charge on any atom is 0.306 e. The average Bonchev–Trinajstić information content (AvgIpc) is 3.34. The molecule has 0 saturated carbocycles. The van der Waals surface area contributed by atoms with Gasteiger partial charge in [-0.25, -0.2) is 0 Å². The van der Waals surface area contributed by atoms with Gasteiger partial charge >= 0.3 is 17.9 Å². The van der Waals surface area contributed by atoms with E-state index < -0.39 is 6.10 Å². The number of ether oxygens (including phenoxy) is 3. The van der Waals surface area contributed by atoms with E-state index in [1.165, 1.54) is 148 Å². The molecular weight excluding hydrogens is 841 g/mol. The van der Waals surface area contributed by atoms with Gasteiger partial charge in [-0.1, -0.05) is 267 Å². The summed E-state index contributed by atoms with van der Waals surface area (Å²) in [5.74, 6) is -0.875. The largest absolute Gasteiger partial charge is 0.462 e. The van der Waals surface area contributed by atoms with Gasteiger partial charge in [-0.05, 0) is 70.6 Å². The van der Waals surface area contributed by atoms with Crippen molar-refractivity contribution in [1.82, 2.24) is 0 Å². The minimum Gasteiger partial charge on any atom is -0.462 e. The van der Waals surface area contributed by atoms with Crippen molar-refractivity contribution in [2.75, 3.05) is 13.2 Å². The molecule has 0 spiro atoms. The van der Waals surface area contributed by atoms with E-state index >= 15 is 0 Å². The van der Waals surface area contributed by atoms with Crippen molar-refractivity contribution in [2.24, 2.45) is 0 Å². The summed E-state index contributed by atoms with van der Waals surface area (Å²) in [6, 6.07) is 0. The SMILES string of the molecule is CC/C=C\C/C=C\C/C=C\C/C=C\C/C=C\C/C=C\CCCCCCCCCCCCCCCCCCC(=O)OCC(COC(=O)CCCCCCCCC)OC(=O)CCCCCCCCCC. The van der Waals surface area contributed by atoms with Gasteiger partial charge in [-0.15, -0.1) is 0 Å². The number of hydrogen-bond acceptors (Lipinski definition) is 6. The van der Waals surface area contributed by atoms with Crippen LogP contribution in [0.4, 0.5) is 0 Å². The average molecular weight is 950 g/mol. The van der Waals surface area contributed by atoms with Crippen LogP contribution in [0.5, 0.6) is 0 Å². The molecule has 6 heteroatoms. The predicted molar refractivity (Wildman–Crippen MR) is 293 cm³/mol. The molecular formula is C62H108O6. The lowest BCUT2D eigenvalue weighted by Crippen LogP contribution is -2.30. The highest BCUT2D eigenvalue weighted by atomic mass is 16.6. The molecule has 0 radical (unpaired) electrons. The van der Waals surface area contributed by atoms with E-state index in [2.05, 4.69) is 93.7 Å². The van der Waals surface area contributed by atoms with Crippen LogP contribution < -0.4 is 0 Å². The van der Waals surface area contributed by atoms with Gasteiger partial charge in [0.25, 0.3) is 0 Å². The number of carbonyl (C=O) groups is 3. The third-order valence-corrected chi connectivity index (χ3v) is 12.5.